The third-order valence-corrected chi connectivity index (χ3v) is 6.06. The predicted molar refractivity (Wildman–Crippen MR) is 144 cm³/mol. The fourth-order valence-electron chi connectivity index (χ4n) is 4.01. The Bertz CT molecular complexity index is 954. The SMILES string of the molecule is CCCCCCCOc1cc(COc2cc(C(=O)O)cc(C(=O)O)c2)cc(O[C@@H](C)CCCCCC)c1. The van der Waals surface area contributed by atoms with E-state index in [1.54, 1.807) is 0 Å². The predicted octanol–water partition coefficient (Wildman–Crippen LogP) is 7.75. The lowest BCUT2D eigenvalue weighted by Gasteiger charge is -2.17. The van der Waals surface area contributed by atoms with Gasteiger partial charge in [0.15, 0.2) is 0 Å². The third-order valence-electron chi connectivity index (χ3n) is 6.06. The Hall–Kier alpha value is -3.22. The van der Waals surface area contributed by atoms with Crippen LogP contribution in [0.3, 0.4) is 0 Å². The second-order valence-corrected chi connectivity index (χ2v) is 9.50. The Balaban J connectivity index is 2.13. The number of benzene rings is 2. The number of hydrogen-bond acceptors (Lipinski definition) is 5. The smallest absolute Gasteiger partial charge is 0.335 e. The Labute approximate surface area is 220 Å². The van der Waals surface area contributed by atoms with Crippen molar-refractivity contribution < 1.29 is 34.0 Å². The average molecular weight is 515 g/mol. The highest BCUT2D eigenvalue weighted by atomic mass is 16.5. The molecular weight excluding hydrogens is 472 g/mol. The summed E-state index contributed by atoms with van der Waals surface area (Å²) in [6.07, 6.45) is 11.5. The molecule has 0 unspecified atom stereocenters. The van der Waals surface area contributed by atoms with Gasteiger partial charge in [0, 0.05) is 6.07 Å². The Morgan fingerprint density at radius 3 is 1.89 bits per heavy atom. The van der Waals surface area contributed by atoms with Crippen molar-refractivity contribution in [2.75, 3.05) is 6.61 Å². The molecule has 37 heavy (non-hydrogen) atoms. The lowest BCUT2D eigenvalue weighted by molar-refractivity contribution is 0.0696. The fourth-order valence-corrected chi connectivity index (χ4v) is 4.01. The molecule has 7 nitrogen and oxygen atoms in total. The molecule has 0 aromatic heterocycles. The summed E-state index contributed by atoms with van der Waals surface area (Å²) in [6.45, 7) is 7.17. The van der Waals surface area contributed by atoms with E-state index in [0.717, 1.165) is 37.3 Å². The van der Waals surface area contributed by atoms with Crippen LogP contribution in [0.15, 0.2) is 36.4 Å². The molecule has 2 aromatic rings. The van der Waals surface area contributed by atoms with Gasteiger partial charge in [-0.05, 0) is 62.1 Å². The maximum atomic E-state index is 11.4. The summed E-state index contributed by atoms with van der Waals surface area (Å²) < 4.78 is 18.0. The molecule has 0 aliphatic heterocycles. The topological polar surface area (TPSA) is 102 Å². The van der Waals surface area contributed by atoms with Crippen LogP contribution in [0, 0.1) is 0 Å². The number of carbonyl (C=O) groups is 2. The van der Waals surface area contributed by atoms with Gasteiger partial charge in [-0.15, -0.1) is 0 Å². The van der Waals surface area contributed by atoms with Crippen LogP contribution in [-0.4, -0.2) is 34.9 Å². The molecule has 0 saturated heterocycles. The van der Waals surface area contributed by atoms with Gasteiger partial charge in [-0.25, -0.2) is 9.59 Å². The first-order valence-corrected chi connectivity index (χ1v) is 13.5. The van der Waals surface area contributed by atoms with Gasteiger partial charge < -0.3 is 24.4 Å². The van der Waals surface area contributed by atoms with Crippen LogP contribution in [0.5, 0.6) is 17.2 Å². The van der Waals surface area contributed by atoms with Crippen molar-refractivity contribution in [2.45, 2.75) is 97.7 Å². The maximum Gasteiger partial charge on any atom is 0.335 e. The van der Waals surface area contributed by atoms with Gasteiger partial charge >= 0.3 is 11.9 Å². The van der Waals surface area contributed by atoms with Gasteiger partial charge in [-0.3, -0.25) is 0 Å². The largest absolute Gasteiger partial charge is 0.493 e. The van der Waals surface area contributed by atoms with Crippen molar-refractivity contribution in [1.82, 2.24) is 0 Å². The van der Waals surface area contributed by atoms with E-state index >= 15 is 0 Å². The molecule has 2 N–H and O–H groups in total. The molecule has 2 rings (SSSR count). The molecule has 7 heteroatoms. The molecule has 0 spiro atoms. The zero-order valence-electron chi connectivity index (χ0n) is 22.5. The van der Waals surface area contributed by atoms with Crippen molar-refractivity contribution in [3.05, 3.63) is 53.1 Å². The number of hydrogen-bond donors (Lipinski definition) is 2. The number of ether oxygens (including phenoxy) is 3. The summed E-state index contributed by atoms with van der Waals surface area (Å²) in [6, 6.07) is 9.41. The molecule has 0 bridgehead atoms. The zero-order chi connectivity index (χ0) is 27.0. The number of carboxylic acid groups (broad SMARTS) is 2. The monoisotopic (exact) mass is 514 g/mol. The second-order valence-electron chi connectivity index (χ2n) is 9.50. The lowest BCUT2D eigenvalue weighted by atomic mass is 10.1. The van der Waals surface area contributed by atoms with E-state index in [1.807, 2.05) is 18.2 Å². The van der Waals surface area contributed by atoms with Crippen LogP contribution in [-0.2, 0) is 6.61 Å². The molecular formula is C30H42O7. The van der Waals surface area contributed by atoms with Crippen LogP contribution in [0.25, 0.3) is 0 Å². The Morgan fingerprint density at radius 2 is 1.27 bits per heavy atom. The lowest BCUT2D eigenvalue weighted by Crippen LogP contribution is -2.12. The number of unbranched alkanes of at least 4 members (excludes halogenated alkanes) is 7. The highest BCUT2D eigenvalue weighted by molar-refractivity contribution is 5.94. The minimum atomic E-state index is -1.22. The van der Waals surface area contributed by atoms with Crippen LogP contribution in [0.1, 0.15) is 111 Å². The molecule has 0 aliphatic carbocycles. The third kappa shape index (κ3) is 11.6. The summed E-state index contributed by atoms with van der Waals surface area (Å²) in [5, 5.41) is 18.6. The standard InChI is InChI=1S/C30H42O7/c1-4-6-8-10-12-14-35-26-15-23(16-28(20-26)37-22(3)13-11-9-7-5-2)21-36-27-18-24(29(31)32)17-25(19-27)30(33)34/h15-20,22H,4-14,21H2,1-3H3,(H,31,32)(H,33,34)/t22-/m0/s1. The molecule has 204 valence electrons. The molecule has 0 amide bonds. The summed E-state index contributed by atoms with van der Waals surface area (Å²) in [5.74, 6) is -0.881. The number of rotatable bonds is 19. The van der Waals surface area contributed by atoms with Crippen molar-refractivity contribution in [2.24, 2.45) is 0 Å². The highest BCUT2D eigenvalue weighted by Gasteiger charge is 2.13. The highest BCUT2D eigenvalue weighted by Crippen LogP contribution is 2.27. The first-order valence-electron chi connectivity index (χ1n) is 13.5. The first-order chi connectivity index (χ1) is 17.8. The quantitative estimate of drug-likeness (QED) is 0.185. The second kappa shape index (κ2) is 16.5. The van der Waals surface area contributed by atoms with Crippen molar-refractivity contribution in [3.8, 4) is 17.2 Å². The molecule has 0 heterocycles. The van der Waals surface area contributed by atoms with E-state index in [0.29, 0.717) is 18.1 Å². The minimum absolute atomic E-state index is 0.0558. The van der Waals surface area contributed by atoms with Gasteiger partial charge in [-0.1, -0.05) is 58.8 Å². The van der Waals surface area contributed by atoms with E-state index < -0.39 is 11.9 Å². The summed E-state index contributed by atoms with van der Waals surface area (Å²) in [5.41, 5.74) is 0.501. The zero-order valence-corrected chi connectivity index (χ0v) is 22.5. The van der Waals surface area contributed by atoms with Crippen molar-refractivity contribution >= 4 is 11.9 Å². The van der Waals surface area contributed by atoms with E-state index in [1.165, 1.54) is 50.7 Å². The number of carboxylic acids is 2. The molecule has 0 aliphatic rings. The average Bonchev–Trinajstić information content (AvgIpc) is 2.87. The van der Waals surface area contributed by atoms with Gasteiger partial charge in [0.05, 0.1) is 23.8 Å². The first kappa shape index (κ1) is 30.0. The van der Waals surface area contributed by atoms with Crippen LogP contribution in [0.4, 0.5) is 0 Å². The fraction of sp³-hybridized carbons (Fsp3) is 0.533. The molecule has 0 radical (unpaired) electrons. The molecule has 1 atom stereocenters. The summed E-state index contributed by atoms with van der Waals surface area (Å²) in [7, 11) is 0. The van der Waals surface area contributed by atoms with E-state index in [9.17, 15) is 19.8 Å². The van der Waals surface area contributed by atoms with Crippen LogP contribution < -0.4 is 14.2 Å². The number of aromatic carboxylic acids is 2. The molecule has 0 fully saturated rings. The van der Waals surface area contributed by atoms with Gasteiger partial charge in [0.2, 0.25) is 0 Å². The maximum absolute atomic E-state index is 11.4. The van der Waals surface area contributed by atoms with E-state index in [2.05, 4.69) is 20.8 Å². The molecule has 0 saturated carbocycles. The van der Waals surface area contributed by atoms with E-state index in [4.69, 9.17) is 14.2 Å². The van der Waals surface area contributed by atoms with Gasteiger partial charge in [-0.2, -0.15) is 0 Å². The Kier molecular flexibility index (Phi) is 13.4. The summed E-state index contributed by atoms with van der Waals surface area (Å²) >= 11 is 0. The van der Waals surface area contributed by atoms with Crippen molar-refractivity contribution in [3.63, 3.8) is 0 Å². The van der Waals surface area contributed by atoms with Gasteiger partial charge in [0.25, 0.3) is 0 Å². The van der Waals surface area contributed by atoms with Crippen LogP contribution >= 0.6 is 0 Å². The summed E-state index contributed by atoms with van der Waals surface area (Å²) in [4.78, 5) is 22.8. The van der Waals surface area contributed by atoms with Gasteiger partial charge in [0.1, 0.15) is 23.9 Å². The normalized spacial score (nSPS) is 11.6. The van der Waals surface area contributed by atoms with Crippen LogP contribution in [0.2, 0.25) is 0 Å². The molecule has 2 aromatic carbocycles. The van der Waals surface area contributed by atoms with E-state index in [-0.39, 0.29) is 29.6 Å². The minimum Gasteiger partial charge on any atom is -0.493 e. The van der Waals surface area contributed by atoms with Crippen molar-refractivity contribution in [1.29, 1.82) is 0 Å². The Morgan fingerprint density at radius 1 is 0.703 bits per heavy atom.